The number of ether oxygens (including phenoxy) is 1. The Hall–Kier alpha value is -3.70. The van der Waals surface area contributed by atoms with Crippen molar-refractivity contribution in [2.45, 2.75) is 19.8 Å². The highest BCUT2D eigenvalue weighted by atomic mass is 31.2. The van der Waals surface area contributed by atoms with Gasteiger partial charge < -0.3 is 19.0 Å². The SMILES string of the molecule is Nc1c(-c2oncc2Cc2ccc(OCc3cccc(F)n3)nc2)ccc[n+]1COP(=O)([O-])O. The zero-order valence-corrected chi connectivity index (χ0v) is 18.5. The van der Waals surface area contributed by atoms with Crippen molar-refractivity contribution in [3.63, 3.8) is 0 Å². The number of nitrogens with two attached hydrogens (primary N) is 1. The van der Waals surface area contributed by atoms with Gasteiger partial charge in [0.15, 0.2) is 12.5 Å². The van der Waals surface area contributed by atoms with Crippen molar-refractivity contribution in [1.82, 2.24) is 15.1 Å². The number of anilines is 1. The number of aromatic nitrogens is 4. The van der Waals surface area contributed by atoms with E-state index < -0.39 is 20.5 Å². The van der Waals surface area contributed by atoms with Crippen LogP contribution >= 0.6 is 7.82 Å². The van der Waals surface area contributed by atoms with Crippen LogP contribution in [0.3, 0.4) is 0 Å². The van der Waals surface area contributed by atoms with E-state index in [2.05, 4.69) is 19.6 Å². The first kappa shape index (κ1) is 23.5. The van der Waals surface area contributed by atoms with Crippen LogP contribution in [0.5, 0.6) is 5.88 Å². The minimum atomic E-state index is -4.91. The van der Waals surface area contributed by atoms with Crippen LogP contribution in [0.4, 0.5) is 10.2 Å². The van der Waals surface area contributed by atoms with E-state index in [9.17, 15) is 13.8 Å². The lowest BCUT2D eigenvalue weighted by Gasteiger charge is -2.15. The van der Waals surface area contributed by atoms with E-state index in [1.807, 2.05) is 6.07 Å². The molecule has 11 nitrogen and oxygen atoms in total. The van der Waals surface area contributed by atoms with Gasteiger partial charge in [-0.05, 0) is 29.8 Å². The Morgan fingerprint density at radius 3 is 2.79 bits per heavy atom. The van der Waals surface area contributed by atoms with Gasteiger partial charge in [0, 0.05) is 24.2 Å². The van der Waals surface area contributed by atoms with Gasteiger partial charge in [-0.2, -0.15) is 4.39 Å². The maximum Gasteiger partial charge on any atom is 0.285 e. The maximum absolute atomic E-state index is 13.2. The third-order valence-electron chi connectivity index (χ3n) is 4.70. The quantitative estimate of drug-likeness (QED) is 0.202. The van der Waals surface area contributed by atoms with Crippen LogP contribution in [0.15, 0.2) is 65.6 Å². The summed E-state index contributed by atoms with van der Waals surface area (Å²) >= 11 is 0. The third-order valence-corrected chi connectivity index (χ3v) is 5.14. The summed E-state index contributed by atoms with van der Waals surface area (Å²) in [4.78, 5) is 27.7. The molecular weight excluding hydrogens is 468 g/mol. The molecule has 0 bridgehead atoms. The minimum absolute atomic E-state index is 0.0784. The highest BCUT2D eigenvalue weighted by molar-refractivity contribution is 7.44. The number of phosphoric acid groups is 1. The molecule has 0 saturated carbocycles. The van der Waals surface area contributed by atoms with Gasteiger partial charge in [0.05, 0.1) is 18.1 Å². The van der Waals surface area contributed by atoms with Crippen molar-refractivity contribution in [1.29, 1.82) is 0 Å². The molecule has 1 atom stereocenters. The Bertz CT molecular complexity index is 1330. The van der Waals surface area contributed by atoms with Gasteiger partial charge in [-0.15, -0.1) is 0 Å². The zero-order chi connectivity index (χ0) is 24.1. The van der Waals surface area contributed by atoms with Gasteiger partial charge in [0.25, 0.3) is 13.6 Å². The van der Waals surface area contributed by atoms with Gasteiger partial charge in [-0.1, -0.05) is 17.3 Å². The Morgan fingerprint density at radius 1 is 1.21 bits per heavy atom. The molecule has 0 radical (unpaired) electrons. The van der Waals surface area contributed by atoms with E-state index in [1.54, 1.807) is 42.7 Å². The average molecular weight is 487 g/mol. The number of rotatable bonds is 9. The molecule has 4 rings (SSSR count). The Labute approximate surface area is 192 Å². The Kier molecular flexibility index (Phi) is 6.94. The number of hydrogen-bond acceptors (Lipinski definition) is 9. The normalized spacial score (nSPS) is 12.9. The summed E-state index contributed by atoms with van der Waals surface area (Å²) in [5, 5.41) is 3.85. The van der Waals surface area contributed by atoms with Gasteiger partial charge in [0.1, 0.15) is 12.2 Å². The maximum atomic E-state index is 13.2. The van der Waals surface area contributed by atoms with Crippen LogP contribution in [0.1, 0.15) is 16.8 Å². The van der Waals surface area contributed by atoms with Crippen molar-refractivity contribution in [3.05, 3.63) is 83.8 Å². The van der Waals surface area contributed by atoms with Crippen molar-refractivity contribution in [3.8, 4) is 17.2 Å². The number of hydrogen-bond donors (Lipinski definition) is 2. The molecule has 4 heterocycles. The monoisotopic (exact) mass is 487 g/mol. The molecule has 0 fully saturated rings. The number of nitrogens with zero attached hydrogens (tertiary/aromatic N) is 4. The first-order valence-electron chi connectivity index (χ1n) is 9.88. The molecule has 0 aromatic carbocycles. The van der Waals surface area contributed by atoms with Crippen LogP contribution in [0, 0.1) is 5.95 Å². The van der Waals surface area contributed by atoms with E-state index in [1.165, 1.54) is 16.8 Å². The topological polar surface area (TPSA) is 161 Å². The summed E-state index contributed by atoms with van der Waals surface area (Å²) in [6.07, 6.45) is 5.07. The lowest BCUT2D eigenvalue weighted by Crippen LogP contribution is -2.38. The molecular formula is C21H19FN5O6P. The van der Waals surface area contributed by atoms with Gasteiger partial charge in [-0.25, -0.2) is 14.5 Å². The fourth-order valence-corrected chi connectivity index (χ4v) is 3.38. The second-order valence-electron chi connectivity index (χ2n) is 7.11. The van der Waals surface area contributed by atoms with Crippen molar-refractivity contribution in [2.24, 2.45) is 0 Å². The van der Waals surface area contributed by atoms with Gasteiger partial charge in [-0.3, -0.25) is 14.8 Å². The molecule has 0 aliphatic heterocycles. The predicted octanol–water partition coefficient (Wildman–Crippen LogP) is 1.74. The molecule has 1 unspecified atom stereocenters. The fraction of sp³-hybridized carbons (Fsp3) is 0.143. The summed E-state index contributed by atoms with van der Waals surface area (Å²) < 4.78 is 40.7. The predicted molar refractivity (Wildman–Crippen MR) is 113 cm³/mol. The molecule has 34 heavy (non-hydrogen) atoms. The standard InChI is InChI=1S/C21H19FN5O6P/c22-18-5-1-3-16(26-18)12-31-19-7-6-14(10-24-19)9-15-11-25-33-20(15)17-4-2-8-27(21(17)23)13-32-34(28,29)30/h1-8,10-11,23H,9,12-13H2,(H2,28,29,30). The Morgan fingerprint density at radius 2 is 2.06 bits per heavy atom. The number of pyridine rings is 3. The van der Waals surface area contributed by atoms with E-state index in [4.69, 9.17) is 19.9 Å². The number of nitrogen functional groups attached to an aromatic ring is 1. The minimum Gasteiger partial charge on any atom is -0.756 e. The molecule has 0 aliphatic rings. The van der Waals surface area contributed by atoms with Crippen LogP contribution in [-0.2, 0) is 28.8 Å². The molecule has 3 N–H and O–H groups in total. The Balaban J connectivity index is 1.46. The summed E-state index contributed by atoms with van der Waals surface area (Å²) in [6.45, 7) is -0.425. The molecule has 0 saturated heterocycles. The molecule has 4 aromatic heterocycles. The van der Waals surface area contributed by atoms with E-state index in [-0.39, 0.29) is 12.4 Å². The lowest BCUT2D eigenvalue weighted by molar-refractivity contribution is -0.713. The smallest absolute Gasteiger partial charge is 0.285 e. The molecule has 0 spiro atoms. The molecule has 0 amide bonds. The summed E-state index contributed by atoms with van der Waals surface area (Å²) in [7, 11) is -4.91. The lowest BCUT2D eigenvalue weighted by atomic mass is 10.0. The average Bonchev–Trinajstić information content (AvgIpc) is 3.25. The molecule has 0 aliphatic carbocycles. The third kappa shape index (κ3) is 6.00. The first-order valence-corrected chi connectivity index (χ1v) is 11.4. The summed E-state index contributed by atoms with van der Waals surface area (Å²) in [6, 6.07) is 11.3. The molecule has 176 valence electrons. The number of phosphoric ester groups is 1. The van der Waals surface area contributed by atoms with Crippen LogP contribution < -0.4 is 19.9 Å². The van der Waals surface area contributed by atoms with Crippen molar-refractivity contribution >= 4 is 13.6 Å². The fourth-order valence-electron chi connectivity index (χ4n) is 3.11. The van der Waals surface area contributed by atoms with Gasteiger partial charge >= 0.3 is 0 Å². The highest BCUT2D eigenvalue weighted by Crippen LogP contribution is 2.31. The van der Waals surface area contributed by atoms with Gasteiger partial charge in [0.2, 0.25) is 11.8 Å². The van der Waals surface area contributed by atoms with E-state index in [0.717, 1.165) is 5.56 Å². The zero-order valence-electron chi connectivity index (χ0n) is 17.6. The highest BCUT2D eigenvalue weighted by Gasteiger charge is 2.20. The largest absolute Gasteiger partial charge is 0.756 e. The summed E-state index contributed by atoms with van der Waals surface area (Å²) in [5.41, 5.74) is 8.59. The van der Waals surface area contributed by atoms with Crippen molar-refractivity contribution < 1.29 is 37.1 Å². The van der Waals surface area contributed by atoms with E-state index >= 15 is 0 Å². The first-order chi connectivity index (χ1) is 16.3. The second kappa shape index (κ2) is 10.1. The van der Waals surface area contributed by atoms with Crippen LogP contribution in [0.2, 0.25) is 0 Å². The second-order valence-corrected chi connectivity index (χ2v) is 8.30. The summed E-state index contributed by atoms with van der Waals surface area (Å²) in [5.74, 6) is 0.318. The molecule has 13 heteroatoms. The van der Waals surface area contributed by atoms with Crippen LogP contribution in [-0.4, -0.2) is 20.0 Å². The van der Waals surface area contributed by atoms with Crippen LogP contribution in [0.25, 0.3) is 11.3 Å². The van der Waals surface area contributed by atoms with E-state index in [0.29, 0.717) is 34.9 Å². The molecule has 4 aromatic rings. The van der Waals surface area contributed by atoms with Crippen molar-refractivity contribution in [2.75, 3.05) is 5.73 Å². The number of halogens is 1.